The number of aryl methyl sites for hydroxylation is 1. The normalized spacial score (nSPS) is 27.9. The number of amides is 1. The molecule has 0 bridgehead atoms. The van der Waals surface area contributed by atoms with Crippen LogP contribution in [0.15, 0.2) is 24.3 Å². The van der Waals surface area contributed by atoms with Gasteiger partial charge in [0.25, 0.3) is 5.91 Å². The number of nitrogens with zero attached hydrogens (tertiary/aromatic N) is 1. The van der Waals surface area contributed by atoms with Gasteiger partial charge in [-0.2, -0.15) is 0 Å². The van der Waals surface area contributed by atoms with E-state index in [4.69, 9.17) is 9.47 Å². The smallest absolute Gasteiger partial charge is 0.254 e. The molecule has 1 aromatic carbocycles. The van der Waals surface area contributed by atoms with Gasteiger partial charge in [0, 0.05) is 38.3 Å². The number of carbonyl (C=O) groups excluding carboxylic acids is 1. The SMILES string of the molecule is COCC[C@H]1CO[C@H]2CN(C(=O)c3ccccc3C)C[C@@H]12. The van der Waals surface area contributed by atoms with Crippen LogP contribution in [-0.2, 0) is 9.47 Å². The second kappa shape index (κ2) is 6.16. The molecule has 21 heavy (non-hydrogen) atoms. The highest BCUT2D eigenvalue weighted by molar-refractivity contribution is 5.95. The minimum Gasteiger partial charge on any atom is -0.385 e. The molecule has 4 heteroatoms. The van der Waals surface area contributed by atoms with Crippen molar-refractivity contribution in [1.82, 2.24) is 4.90 Å². The molecule has 2 heterocycles. The van der Waals surface area contributed by atoms with Gasteiger partial charge in [0.1, 0.15) is 0 Å². The summed E-state index contributed by atoms with van der Waals surface area (Å²) in [5, 5.41) is 0. The molecule has 0 N–H and O–H groups in total. The average molecular weight is 289 g/mol. The molecule has 2 fully saturated rings. The molecule has 114 valence electrons. The van der Waals surface area contributed by atoms with E-state index in [-0.39, 0.29) is 12.0 Å². The lowest BCUT2D eigenvalue weighted by atomic mass is 9.91. The minimum atomic E-state index is 0.136. The number of methoxy groups -OCH3 is 1. The van der Waals surface area contributed by atoms with Crippen molar-refractivity contribution in [2.75, 3.05) is 33.4 Å². The van der Waals surface area contributed by atoms with Crippen LogP contribution in [0.1, 0.15) is 22.3 Å². The number of fused-ring (bicyclic) bond motifs is 1. The predicted molar refractivity (Wildman–Crippen MR) is 80.3 cm³/mol. The van der Waals surface area contributed by atoms with Crippen LogP contribution in [0.3, 0.4) is 0 Å². The monoisotopic (exact) mass is 289 g/mol. The lowest BCUT2D eigenvalue weighted by Crippen LogP contribution is -2.31. The van der Waals surface area contributed by atoms with Crippen LogP contribution in [0.25, 0.3) is 0 Å². The molecule has 3 rings (SSSR count). The van der Waals surface area contributed by atoms with E-state index in [1.165, 1.54) is 0 Å². The third-order valence-electron chi connectivity index (χ3n) is 4.79. The Hall–Kier alpha value is -1.39. The van der Waals surface area contributed by atoms with E-state index in [1.807, 2.05) is 36.1 Å². The molecule has 0 spiro atoms. The molecule has 1 amide bonds. The van der Waals surface area contributed by atoms with Crippen molar-refractivity contribution in [2.45, 2.75) is 19.4 Å². The summed E-state index contributed by atoms with van der Waals surface area (Å²) in [4.78, 5) is 14.6. The molecular formula is C17H23NO3. The van der Waals surface area contributed by atoms with E-state index in [0.29, 0.717) is 11.8 Å². The third kappa shape index (κ3) is 2.83. The number of carbonyl (C=O) groups is 1. The first kappa shape index (κ1) is 14.5. The molecular weight excluding hydrogens is 266 g/mol. The quantitative estimate of drug-likeness (QED) is 0.852. The lowest BCUT2D eigenvalue weighted by Gasteiger charge is -2.20. The zero-order valence-electron chi connectivity index (χ0n) is 12.7. The van der Waals surface area contributed by atoms with Gasteiger partial charge in [-0.15, -0.1) is 0 Å². The van der Waals surface area contributed by atoms with Crippen molar-refractivity contribution in [3.8, 4) is 0 Å². The van der Waals surface area contributed by atoms with Crippen LogP contribution in [0.5, 0.6) is 0 Å². The summed E-state index contributed by atoms with van der Waals surface area (Å²) >= 11 is 0. The van der Waals surface area contributed by atoms with Gasteiger partial charge in [-0.25, -0.2) is 0 Å². The van der Waals surface area contributed by atoms with Gasteiger partial charge >= 0.3 is 0 Å². The van der Waals surface area contributed by atoms with Crippen molar-refractivity contribution in [3.05, 3.63) is 35.4 Å². The maximum atomic E-state index is 12.7. The molecule has 2 saturated heterocycles. The first-order chi connectivity index (χ1) is 10.2. The van der Waals surface area contributed by atoms with Crippen molar-refractivity contribution in [2.24, 2.45) is 11.8 Å². The number of benzene rings is 1. The van der Waals surface area contributed by atoms with Crippen molar-refractivity contribution < 1.29 is 14.3 Å². The Morgan fingerprint density at radius 3 is 2.95 bits per heavy atom. The van der Waals surface area contributed by atoms with Gasteiger partial charge in [-0.1, -0.05) is 18.2 Å². The van der Waals surface area contributed by atoms with Crippen LogP contribution in [0.2, 0.25) is 0 Å². The second-order valence-corrected chi connectivity index (χ2v) is 6.10. The highest BCUT2D eigenvalue weighted by atomic mass is 16.5. The number of hydrogen-bond donors (Lipinski definition) is 0. The predicted octanol–water partition coefficient (Wildman–Crippen LogP) is 2.12. The van der Waals surface area contributed by atoms with Gasteiger partial charge in [-0.05, 0) is 30.9 Å². The first-order valence-corrected chi connectivity index (χ1v) is 7.66. The molecule has 0 aliphatic carbocycles. The Labute approximate surface area is 126 Å². The van der Waals surface area contributed by atoms with Crippen molar-refractivity contribution in [1.29, 1.82) is 0 Å². The van der Waals surface area contributed by atoms with Gasteiger partial charge in [0.15, 0.2) is 0 Å². The standard InChI is InChI=1S/C17H23NO3/c1-12-5-3-4-6-14(12)17(19)18-9-15-13(7-8-20-2)11-21-16(15)10-18/h3-6,13,15-16H,7-11H2,1-2H3/t13-,15-,16-/m0/s1. The molecule has 3 atom stereocenters. The zero-order chi connectivity index (χ0) is 14.8. The van der Waals surface area contributed by atoms with Gasteiger partial charge < -0.3 is 14.4 Å². The maximum absolute atomic E-state index is 12.7. The first-order valence-electron chi connectivity index (χ1n) is 7.66. The number of likely N-dealkylation sites (tertiary alicyclic amines) is 1. The van der Waals surface area contributed by atoms with Gasteiger partial charge in [-0.3, -0.25) is 4.79 Å². The Kier molecular flexibility index (Phi) is 4.27. The Morgan fingerprint density at radius 1 is 1.38 bits per heavy atom. The van der Waals surface area contributed by atoms with E-state index >= 15 is 0 Å². The molecule has 2 aliphatic heterocycles. The van der Waals surface area contributed by atoms with Crippen molar-refractivity contribution in [3.63, 3.8) is 0 Å². The summed E-state index contributed by atoms with van der Waals surface area (Å²) in [6, 6.07) is 7.79. The number of ether oxygens (including phenoxy) is 2. The Morgan fingerprint density at radius 2 is 2.19 bits per heavy atom. The third-order valence-corrected chi connectivity index (χ3v) is 4.79. The summed E-state index contributed by atoms with van der Waals surface area (Å²) in [6.45, 7) is 5.10. The fourth-order valence-corrected chi connectivity index (χ4v) is 3.51. The van der Waals surface area contributed by atoms with E-state index in [2.05, 4.69) is 0 Å². The molecule has 2 aliphatic rings. The van der Waals surface area contributed by atoms with Crippen LogP contribution >= 0.6 is 0 Å². The summed E-state index contributed by atoms with van der Waals surface area (Å²) in [6.07, 6.45) is 1.23. The summed E-state index contributed by atoms with van der Waals surface area (Å²) in [5.41, 5.74) is 1.85. The molecule has 0 radical (unpaired) electrons. The van der Waals surface area contributed by atoms with Crippen molar-refractivity contribution >= 4 is 5.91 Å². The lowest BCUT2D eigenvalue weighted by molar-refractivity contribution is 0.0666. The van der Waals surface area contributed by atoms with Crippen LogP contribution < -0.4 is 0 Å². The molecule has 1 aromatic rings. The minimum absolute atomic E-state index is 0.136. The fraction of sp³-hybridized carbons (Fsp3) is 0.588. The summed E-state index contributed by atoms with van der Waals surface area (Å²) in [5.74, 6) is 1.12. The van der Waals surface area contributed by atoms with E-state index in [1.54, 1.807) is 7.11 Å². The topological polar surface area (TPSA) is 38.8 Å². The van der Waals surface area contributed by atoms with E-state index in [9.17, 15) is 4.79 Å². The molecule has 4 nitrogen and oxygen atoms in total. The highest BCUT2D eigenvalue weighted by Crippen LogP contribution is 2.36. The maximum Gasteiger partial charge on any atom is 0.254 e. The summed E-state index contributed by atoms with van der Waals surface area (Å²) < 4.78 is 11.1. The fourth-order valence-electron chi connectivity index (χ4n) is 3.51. The second-order valence-electron chi connectivity index (χ2n) is 6.10. The zero-order valence-corrected chi connectivity index (χ0v) is 12.7. The largest absolute Gasteiger partial charge is 0.385 e. The van der Waals surface area contributed by atoms with Gasteiger partial charge in [0.2, 0.25) is 0 Å². The van der Waals surface area contributed by atoms with Crippen LogP contribution in [0.4, 0.5) is 0 Å². The van der Waals surface area contributed by atoms with E-state index < -0.39 is 0 Å². The molecule has 0 aromatic heterocycles. The van der Waals surface area contributed by atoms with Crippen LogP contribution in [-0.4, -0.2) is 50.3 Å². The Bertz CT molecular complexity index is 517. The van der Waals surface area contributed by atoms with Crippen LogP contribution in [0, 0.1) is 18.8 Å². The highest BCUT2D eigenvalue weighted by Gasteiger charge is 2.45. The van der Waals surface area contributed by atoms with E-state index in [0.717, 1.165) is 43.9 Å². The number of hydrogen-bond acceptors (Lipinski definition) is 3. The summed E-state index contributed by atoms with van der Waals surface area (Å²) in [7, 11) is 1.73. The average Bonchev–Trinajstić information content (AvgIpc) is 3.05. The van der Waals surface area contributed by atoms with Gasteiger partial charge in [0.05, 0.1) is 12.7 Å². The molecule has 0 unspecified atom stereocenters. The Balaban J connectivity index is 1.67. The number of rotatable bonds is 4. The molecule has 0 saturated carbocycles.